The summed E-state index contributed by atoms with van der Waals surface area (Å²) in [6.45, 7) is 11.7. The summed E-state index contributed by atoms with van der Waals surface area (Å²) in [4.78, 5) is 0. The maximum atomic E-state index is 2.36. The topological polar surface area (TPSA) is 0 Å². The second kappa shape index (κ2) is 9.03. The van der Waals surface area contributed by atoms with Gasteiger partial charge < -0.3 is 0 Å². The van der Waals surface area contributed by atoms with Crippen molar-refractivity contribution in [3.05, 3.63) is 0 Å². The number of hydrogen-bond donors (Lipinski definition) is 0. The van der Waals surface area contributed by atoms with Crippen LogP contribution in [0.5, 0.6) is 0 Å². The molecule has 0 atom stereocenters. The predicted molar refractivity (Wildman–Crippen MR) is 89.6 cm³/mol. The molecule has 0 nitrogen and oxygen atoms in total. The smallest absolute Gasteiger partial charge is 0.0297 e. The molecule has 0 amide bonds. The van der Waals surface area contributed by atoms with Crippen molar-refractivity contribution < 1.29 is 0 Å². The first-order valence-electron chi connectivity index (χ1n) is 8.49. The van der Waals surface area contributed by atoms with Crippen molar-refractivity contribution in [3.8, 4) is 0 Å². The molecule has 2 aliphatic carbocycles. The van der Waals surface area contributed by atoms with E-state index >= 15 is 0 Å². The average Bonchev–Trinajstić information content (AvgIpc) is 3.10. The Hall–Kier alpha value is 0. The van der Waals surface area contributed by atoms with Crippen molar-refractivity contribution in [2.75, 3.05) is 0 Å². The quantitative estimate of drug-likeness (QED) is 0.511. The van der Waals surface area contributed by atoms with E-state index in [0.29, 0.717) is 0 Å². The molecule has 2 saturated carbocycles. The highest BCUT2D eigenvalue weighted by atomic mass is 14.5. The van der Waals surface area contributed by atoms with Gasteiger partial charge in [-0.05, 0) is 42.4 Å². The van der Waals surface area contributed by atoms with E-state index in [4.69, 9.17) is 0 Å². The Morgan fingerprint density at radius 1 is 0.947 bits per heavy atom. The van der Waals surface area contributed by atoms with Crippen molar-refractivity contribution >= 4 is 0 Å². The molecule has 0 aromatic rings. The van der Waals surface area contributed by atoms with Crippen LogP contribution in [0.4, 0.5) is 0 Å². The number of rotatable bonds is 4. The minimum atomic E-state index is 0. The SMILES string of the molecule is C.CC(C)C1CCCCC1.CCC1(CC(C)C)CC1. The summed E-state index contributed by atoms with van der Waals surface area (Å²) in [6, 6.07) is 0. The van der Waals surface area contributed by atoms with Crippen LogP contribution >= 0.6 is 0 Å². The summed E-state index contributed by atoms with van der Waals surface area (Å²) in [6.07, 6.45) is 13.3. The average molecular weight is 269 g/mol. The third-order valence-corrected chi connectivity index (χ3v) is 5.14. The molecule has 0 saturated heterocycles. The van der Waals surface area contributed by atoms with E-state index in [2.05, 4.69) is 34.6 Å². The van der Waals surface area contributed by atoms with Crippen LogP contribution in [-0.2, 0) is 0 Å². The minimum Gasteiger partial charge on any atom is -0.0776 e. The van der Waals surface area contributed by atoms with Gasteiger partial charge in [-0.15, -0.1) is 0 Å². The lowest BCUT2D eigenvalue weighted by molar-refractivity contribution is 0.279. The third kappa shape index (κ3) is 7.37. The zero-order valence-corrected chi connectivity index (χ0v) is 13.6. The Morgan fingerprint density at radius 2 is 1.47 bits per heavy atom. The summed E-state index contributed by atoms with van der Waals surface area (Å²) in [5, 5.41) is 0. The highest BCUT2D eigenvalue weighted by Gasteiger charge is 2.40. The third-order valence-electron chi connectivity index (χ3n) is 5.14. The van der Waals surface area contributed by atoms with Crippen molar-refractivity contribution in [2.24, 2.45) is 23.2 Å². The van der Waals surface area contributed by atoms with E-state index in [9.17, 15) is 0 Å². The maximum Gasteiger partial charge on any atom is -0.0297 e. The highest BCUT2D eigenvalue weighted by molar-refractivity contribution is 4.91. The molecule has 0 heterocycles. The molecule has 116 valence electrons. The summed E-state index contributed by atoms with van der Waals surface area (Å²) >= 11 is 0. The van der Waals surface area contributed by atoms with Crippen LogP contribution in [-0.4, -0.2) is 0 Å². The fraction of sp³-hybridized carbons (Fsp3) is 1.00. The minimum absolute atomic E-state index is 0. The molecule has 0 aliphatic heterocycles. The van der Waals surface area contributed by atoms with Crippen LogP contribution < -0.4 is 0 Å². The summed E-state index contributed by atoms with van der Waals surface area (Å²) < 4.78 is 0. The normalized spacial score (nSPS) is 21.6. The first-order valence-corrected chi connectivity index (χ1v) is 8.49. The molecule has 19 heavy (non-hydrogen) atoms. The van der Waals surface area contributed by atoms with Gasteiger partial charge in [0, 0.05) is 0 Å². The molecule has 0 aromatic carbocycles. The molecular weight excluding hydrogens is 228 g/mol. The molecule has 0 unspecified atom stereocenters. The molecule has 2 aliphatic rings. The van der Waals surface area contributed by atoms with E-state index in [1.165, 1.54) is 57.8 Å². The number of hydrogen-bond acceptors (Lipinski definition) is 0. The first-order chi connectivity index (χ1) is 8.49. The van der Waals surface area contributed by atoms with Crippen LogP contribution in [0.3, 0.4) is 0 Å². The molecule has 0 radical (unpaired) electrons. The summed E-state index contributed by atoms with van der Waals surface area (Å²) in [7, 11) is 0. The van der Waals surface area contributed by atoms with Crippen molar-refractivity contribution in [1.82, 2.24) is 0 Å². The highest BCUT2D eigenvalue weighted by Crippen LogP contribution is 2.53. The Labute approximate surface area is 123 Å². The van der Waals surface area contributed by atoms with E-state index in [-0.39, 0.29) is 7.43 Å². The van der Waals surface area contributed by atoms with Crippen molar-refractivity contribution in [3.63, 3.8) is 0 Å². The Bertz CT molecular complexity index is 204. The lowest BCUT2D eigenvalue weighted by atomic mass is 9.82. The van der Waals surface area contributed by atoms with Gasteiger partial charge in [-0.25, -0.2) is 0 Å². The van der Waals surface area contributed by atoms with Crippen LogP contribution in [0.1, 0.15) is 99.8 Å². The molecule has 0 N–H and O–H groups in total. The summed E-state index contributed by atoms with van der Waals surface area (Å²) in [5.41, 5.74) is 0.814. The van der Waals surface area contributed by atoms with E-state index in [0.717, 1.165) is 23.2 Å². The van der Waals surface area contributed by atoms with Gasteiger partial charge >= 0.3 is 0 Å². The first kappa shape index (κ1) is 19.0. The van der Waals surface area contributed by atoms with Crippen LogP contribution in [0, 0.1) is 23.2 Å². The Kier molecular flexibility index (Phi) is 9.03. The van der Waals surface area contributed by atoms with Gasteiger partial charge in [-0.1, -0.05) is 80.6 Å². The summed E-state index contributed by atoms with van der Waals surface area (Å²) in [5.74, 6) is 2.90. The Balaban J connectivity index is 0.000000324. The Morgan fingerprint density at radius 3 is 1.68 bits per heavy atom. The predicted octanol–water partition coefficient (Wildman–Crippen LogP) is 7.08. The fourth-order valence-electron chi connectivity index (χ4n) is 3.55. The second-order valence-electron chi connectivity index (χ2n) is 7.59. The van der Waals surface area contributed by atoms with Gasteiger partial charge in [0.15, 0.2) is 0 Å². The maximum absolute atomic E-state index is 2.36. The molecule has 0 bridgehead atoms. The molecule has 0 spiro atoms. The fourth-order valence-corrected chi connectivity index (χ4v) is 3.55. The monoisotopic (exact) mass is 268 g/mol. The van der Waals surface area contributed by atoms with Gasteiger partial charge in [0.1, 0.15) is 0 Å². The lowest BCUT2D eigenvalue weighted by Gasteiger charge is -2.24. The molecule has 0 heteroatoms. The van der Waals surface area contributed by atoms with Gasteiger partial charge in [-0.2, -0.15) is 0 Å². The van der Waals surface area contributed by atoms with Crippen LogP contribution in [0.15, 0.2) is 0 Å². The van der Waals surface area contributed by atoms with Gasteiger partial charge in [0.05, 0.1) is 0 Å². The molecule has 2 fully saturated rings. The largest absolute Gasteiger partial charge is 0.0776 e. The molecule has 2 rings (SSSR count). The van der Waals surface area contributed by atoms with Crippen LogP contribution in [0.25, 0.3) is 0 Å². The van der Waals surface area contributed by atoms with Gasteiger partial charge in [0.25, 0.3) is 0 Å². The van der Waals surface area contributed by atoms with Gasteiger partial charge in [0.2, 0.25) is 0 Å². The second-order valence-corrected chi connectivity index (χ2v) is 7.59. The van der Waals surface area contributed by atoms with Crippen LogP contribution in [0.2, 0.25) is 0 Å². The lowest BCUT2D eigenvalue weighted by Crippen LogP contribution is -2.12. The zero-order valence-electron chi connectivity index (χ0n) is 13.6. The van der Waals surface area contributed by atoms with E-state index in [1.54, 1.807) is 0 Å². The van der Waals surface area contributed by atoms with Crippen molar-refractivity contribution in [1.29, 1.82) is 0 Å². The molecular formula is C19H40. The zero-order chi connectivity index (χ0) is 13.6. The molecule has 0 aromatic heterocycles. The van der Waals surface area contributed by atoms with Crippen molar-refractivity contribution in [2.45, 2.75) is 99.8 Å². The van der Waals surface area contributed by atoms with Gasteiger partial charge in [-0.3, -0.25) is 0 Å². The standard InChI is InChI=1S/2C9H18.CH4/c1-8(2)9-6-4-3-5-7-9;1-4-9(5-6-9)7-8(2)3;/h8-9H,3-7H2,1-2H3;8H,4-7H2,1-3H3;1H4. The van der Waals surface area contributed by atoms with E-state index in [1.807, 2.05) is 0 Å². The van der Waals surface area contributed by atoms with E-state index < -0.39 is 0 Å².